The number of carbonyl (C=O) groups is 1. The van der Waals surface area contributed by atoms with E-state index in [9.17, 15) is 4.79 Å². The second-order valence-corrected chi connectivity index (χ2v) is 4.95. The van der Waals surface area contributed by atoms with Crippen LogP contribution in [0.1, 0.15) is 20.8 Å². The minimum absolute atomic E-state index is 0.0470. The van der Waals surface area contributed by atoms with E-state index in [0.717, 1.165) is 0 Å². The van der Waals surface area contributed by atoms with Gasteiger partial charge in [-0.3, -0.25) is 4.79 Å². The smallest absolute Gasteiger partial charge is 0.187 e. The number of thiol groups is 1. The van der Waals surface area contributed by atoms with Crippen molar-refractivity contribution in [3.63, 3.8) is 0 Å². The Bertz CT molecular complexity index is 116. The largest absolute Gasteiger partial charge is 0.421 e. The summed E-state index contributed by atoms with van der Waals surface area (Å²) in [6.45, 7) is 5.81. The lowest BCUT2D eigenvalue weighted by Crippen LogP contribution is -2.14. The molecule has 0 saturated carbocycles. The first-order valence-electron chi connectivity index (χ1n) is 3.38. The van der Waals surface area contributed by atoms with Gasteiger partial charge < -0.3 is 4.43 Å². The summed E-state index contributed by atoms with van der Waals surface area (Å²) in [4.78, 5) is 10.6. The Morgan fingerprint density at radius 1 is 1.50 bits per heavy atom. The molecule has 0 aromatic heterocycles. The van der Waals surface area contributed by atoms with Crippen LogP contribution >= 0.6 is 12.6 Å². The van der Waals surface area contributed by atoms with Gasteiger partial charge in [0.25, 0.3) is 0 Å². The highest BCUT2D eigenvalue weighted by Crippen LogP contribution is 2.06. The van der Waals surface area contributed by atoms with E-state index in [1.165, 1.54) is 0 Å². The molecular weight excluding hydrogens is 164 g/mol. The molecule has 1 atom stereocenters. The molecular formula is C6H14O2SSi. The molecule has 0 fully saturated rings. The Morgan fingerprint density at radius 3 is 2.30 bits per heavy atom. The predicted molar refractivity (Wildman–Crippen MR) is 48.2 cm³/mol. The molecule has 0 spiro atoms. The van der Waals surface area contributed by atoms with Crippen LogP contribution in [0.2, 0.25) is 5.54 Å². The van der Waals surface area contributed by atoms with Gasteiger partial charge in [0, 0.05) is 11.6 Å². The number of hydrogen-bond donors (Lipinski definition) is 1. The van der Waals surface area contributed by atoms with Crippen LogP contribution in [0.3, 0.4) is 0 Å². The fourth-order valence-corrected chi connectivity index (χ4v) is 1.45. The summed E-state index contributed by atoms with van der Waals surface area (Å²) in [5.74, 6) is 0. The quantitative estimate of drug-likeness (QED) is 0.508. The van der Waals surface area contributed by atoms with Crippen molar-refractivity contribution >= 4 is 27.5 Å². The third kappa shape index (κ3) is 5.02. The molecule has 0 rings (SSSR count). The van der Waals surface area contributed by atoms with E-state index in [2.05, 4.69) is 12.6 Å². The number of hydrogen-bond acceptors (Lipinski definition) is 2. The van der Waals surface area contributed by atoms with E-state index in [1.54, 1.807) is 0 Å². The van der Waals surface area contributed by atoms with Crippen LogP contribution < -0.4 is 0 Å². The predicted octanol–water partition coefficient (Wildman–Crippen LogP) is 0.760. The average Bonchev–Trinajstić information content (AvgIpc) is 1.82. The van der Waals surface area contributed by atoms with Crippen molar-refractivity contribution in [1.82, 2.24) is 0 Å². The van der Waals surface area contributed by atoms with Crippen LogP contribution in [0.25, 0.3) is 0 Å². The molecule has 0 aliphatic rings. The molecule has 0 bridgehead atoms. The summed E-state index contributed by atoms with van der Waals surface area (Å²) in [5.41, 5.74) is 0.0470. The topological polar surface area (TPSA) is 26.3 Å². The monoisotopic (exact) mass is 178 g/mol. The van der Waals surface area contributed by atoms with Crippen molar-refractivity contribution in [2.24, 2.45) is 0 Å². The zero-order valence-corrected chi connectivity index (χ0v) is 8.93. The van der Waals surface area contributed by atoms with Crippen LogP contribution in [0.15, 0.2) is 0 Å². The lowest BCUT2D eigenvalue weighted by molar-refractivity contribution is -0.110. The SMILES string of the molecule is CC(C)O[SiH2]C(C)C(=O)S. The van der Waals surface area contributed by atoms with Crippen molar-refractivity contribution in [2.45, 2.75) is 32.4 Å². The summed E-state index contributed by atoms with van der Waals surface area (Å²) in [6, 6.07) is 0. The van der Waals surface area contributed by atoms with Gasteiger partial charge in [-0.2, -0.15) is 0 Å². The van der Waals surface area contributed by atoms with Gasteiger partial charge in [-0.05, 0) is 13.8 Å². The summed E-state index contributed by atoms with van der Waals surface area (Å²) < 4.78 is 5.33. The maximum absolute atomic E-state index is 10.6. The van der Waals surface area contributed by atoms with E-state index < -0.39 is 9.76 Å². The van der Waals surface area contributed by atoms with Crippen molar-refractivity contribution in [3.8, 4) is 0 Å². The van der Waals surface area contributed by atoms with E-state index >= 15 is 0 Å². The maximum atomic E-state index is 10.6. The third-order valence-corrected chi connectivity index (χ3v) is 3.62. The fraction of sp³-hybridized carbons (Fsp3) is 0.833. The van der Waals surface area contributed by atoms with Crippen molar-refractivity contribution in [1.29, 1.82) is 0 Å². The van der Waals surface area contributed by atoms with Crippen LogP contribution in [-0.4, -0.2) is 21.0 Å². The van der Waals surface area contributed by atoms with E-state index in [1.807, 2.05) is 20.8 Å². The molecule has 0 heterocycles. The Morgan fingerprint density at radius 2 is 2.00 bits per heavy atom. The molecule has 0 aliphatic carbocycles. The average molecular weight is 178 g/mol. The van der Waals surface area contributed by atoms with Crippen LogP contribution in [0.5, 0.6) is 0 Å². The third-order valence-electron chi connectivity index (χ3n) is 1.10. The summed E-state index contributed by atoms with van der Waals surface area (Å²) in [5, 5.41) is -0.0488. The fourth-order valence-electron chi connectivity index (χ4n) is 0.408. The molecule has 2 nitrogen and oxygen atoms in total. The summed E-state index contributed by atoms with van der Waals surface area (Å²) in [6.07, 6.45) is 0.252. The van der Waals surface area contributed by atoms with Crippen LogP contribution in [-0.2, 0) is 9.22 Å². The molecule has 0 radical (unpaired) electrons. The maximum Gasteiger partial charge on any atom is 0.187 e. The summed E-state index contributed by atoms with van der Waals surface area (Å²) >= 11 is 3.71. The summed E-state index contributed by atoms with van der Waals surface area (Å²) in [7, 11) is -0.685. The molecule has 1 unspecified atom stereocenters. The number of rotatable bonds is 4. The van der Waals surface area contributed by atoms with E-state index in [0.29, 0.717) is 0 Å². The molecule has 4 heteroatoms. The normalized spacial score (nSPS) is 14.9. The van der Waals surface area contributed by atoms with Crippen molar-refractivity contribution < 1.29 is 9.22 Å². The second kappa shape index (κ2) is 4.93. The van der Waals surface area contributed by atoms with Gasteiger partial charge in [0.2, 0.25) is 0 Å². The Hall–Kier alpha value is 0.197. The minimum atomic E-state index is -0.685. The van der Waals surface area contributed by atoms with Crippen LogP contribution in [0, 0.1) is 0 Å². The van der Waals surface area contributed by atoms with Gasteiger partial charge in [-0.15, -0.1) is 12.6 Å². The molecule has 0 N–H and O–H groups in total. The van der Waals surface area contributed by atoms with E-state index in [4.69, 9.17) is 4.43 Å². The van der Waals surface area contributed by atoms with Crippen molar-refractivity contribution in [3.05, 3.63) is 0 Å². The minimum Gasteiger partial charge on any atom is -0.421 e. The van der Waals surface area contributed by atoms with Gasteiger partial charge >= 0.3 is 0 Å². The molecule has 0 aromatic rings. The van der Waals surface area contributed by atoms with Crippen LogP contribution in [0.4, 0.5) is 0 Å². The lowest BCUT2D eigenvalue weighted by atomic mass is 10.5. The zero-order valence-electron chi connectivity index (χ0n) is 6.63. The highest BCUT2D eigenvalue weighted by atomic mass is 32.1. The lowest BCUT2D eigenvalue weighted by Gasteiger charge is -2.09. The first-order valence-corrected chi connectivity index (χ1v) is 5.22. The second-order valence-electron chi connectivity index (χ2n) is 2.62. The molecule has 60 valence electrons. The Balaban J connectivity index is 3.40. The Kier molecular flexibility index (Phi) is 5.03. The van der Waals surface area contributed by atoms with Gasteiger partial charge in [-0.1, -0.05) is 6.92 Å². The first-order chi connectivity index (χ1) is 4.54. The Labute approximate surface area is 69.7 Å². The molecule has 0 aliphatic heterocycles. The molecule has 0 saturated heterocycles. The van der Waals surface area contributed by atoms with Gasteiger partial charge in [0.05, 0.1) is 0 Å². The molecule has 0 aromatic carbocycles. The molecule has 10 heavy (non-hydrogen) atoms. The first kappa shape index (κ1) is 10.2. The highest BCUT2D eigenvalue weighted by molar-refractivity contribution is 7.96. The van der Waals surface area contributed by atoms with Gasteiger partial charge in [0.15, 0.2) is 14.9 Å². The van der Waals surface area contributed by atoms with Gasteiger partial charge in [0.1, 0.15) is 0 Å². The van der Waals surface area contributed by atoms with E-state index in [-0.39, 0.29) is 16.8 Å². The van der Waals surface area contributed by atoms with Gasteiger partial charge in [-0.25, -0.2) is 0 Å². The van der Waals surface area contributed by atoms with Crippen molar-refractivity contribution in [2.75, 3.05) is 0 Å². The highest BCUT2D eigenvalue weighted by Gasteiger charge is 2.09. The zero-order chi connectivity index (χ0) is 8.15. The standard InChI is InChI=1S/C6H14O2SSi/c1-4(2)8-10-5(3)6(7)9/h4-5H,10H2,1-3H3,(H,7,9). The number of carbonyl (C=O) groups excluding carboxylic acids is 1. The molecule has 0 amide bonds.